The van der Waals surface area contributed by atoms with Gasteiger partial charge >= 0.3 is 0 Å². The van der Waals surface area contributed by atoms with Gasteiger partial charge in [-0.2, -0.15) is 0 Å². The topological polar surface area (TPSA) is 85.4 Å². The molecule has 1 amide bonds. The lowest BCUT2D eigenvalue weighted by molar-refractivity contribution is 0.0953. The molecule has 2 aromatic carbocycles. The summed E-state index contributed by atoms with van der Waals surface area (Å²) in [6, 6.07) is 10.6. The Morgan fingerprint density at radius 2 is 1.86 bits per heavy atom. The zero-order valence-corrected chi connectivity index (χ0v) is 16.0. The highest BCUT2D eigenvalue weighted by molar-refractivity contribution is 6.31. The van der Waals surface area contributed by atoms with Crippen LogP contribution in [0.3, 0.4) is 0 Å². The van der Waals surface area contributed by atoms with Crippen molar-refractivity contribution in [3.05, 3.63) is 58.7 Å². The molecule has 1 aromatic heterocycles. The Balaban J connectivity index is 0.00000240. The van der Waals surface area contributed by atoms with Gasteiger partial charge in [0.2, 0.25) is 5.95 Å². The second-order valence-electron chi connectivity index (χ2n) is 6.13. The Hall–Kier alpha value is -3.32. The number of aromatic nitrogens is 2. The van der Waals surface area contributed by atoms with E-state index in [9.17, 15) is 4.79 Å². The molecule has 0 saturated heterocycles. The van der Waals surface area contributed by atoms with Gasteiger partial charge in [-0.25, -0.2) is 9.97 Å². The zero-order valence-electron chi connectivity index (χ0n) is 15.2. The summed E-state index contributed by atoms with van der Waals surface area (Å²) in [6.45, 7) is 0.344. The number of hydrogen-bond donors (Lipinski definition) is 2. The van der Waals surface area contributed by atoms with E-state index in [1.54, 1.807) is 50.7 Å². The molecule has 4 rings (SSSR count). The highest BCUT2D eigenvalue weighted by atomic mass is 35.5. The van der Waals surface area contributed by atoms with Crippen molar-refractivity contribution in [2.75, 3.05) is 19.5 Å². The number of benzene rings is 2. The van der Waals surface area contributed by atoms with Crippen LogP contribution in [0.5, 0.6) is 11.5 Å². The van der Waals surface area contributed by atoms with Crippen molar-refractivity contribution in [3.63, 3.8) is 0 Å². The predicted octanol–water partition coefficient (Wildman–Crippen LogP) is 4.44. The summed E-state index contributed by atoms with van der Waals surface area (Å²) in [7, 11) is 3.16. The van der Waals surface area contributed by atoms with Crippen LogP contribution in [-0.4, -0.2) is 30.1 Å². The molecule has 0 aliphatic carbocycles. The summed E-state index contributed by atoms with van der Waals surface area (Å²) in [5, 5.41) is 6.51. The number of carbonyl (C=O) groups excluding carboxylic acids is 1. The third-order valence-corrected chi connectivity index (χ3v) is 4.66. The first kappa shape index (κ1) is 20.4. The fourth-order valence-corrected chi connectivity index (χ4v) is 3.23. The van der Waals surface area contributed by atoms with Crippen LogP contribution in [-0.2, 0) is 6.54 Å². The van der Waals surface area contributed by atoms with Crippen LogP contribution in [0, 0.1) is 0 Å². The van der Waals surface area contributed by atoms with E-state index in [4.69, 9.17) is 21.1 Å². The van der Waals surface area contributed by atoms with Crippen LogP contribution in [0.25, 0.3) is 11.3 Å². The van der Waals surface area contributed by atoms with Crippen molar-refractivity contribution >= 4 is 29.1 Å². The lowest BCUT2D eigenvalue weighted by Gasteiger charge is -2.12. The number of hydrogen-bond acceptors (Lipinski definition) is 6. The number of carbonyl (C=O) groups is 1. The van der Waals surface area contributed by atoms with Gasteiger partial charge in [-0.05, 0) is 24.3 Å². The number of rotatable bonds is 4. The highest BCUT2D eigenvalue weighted by Gasteiger charge is 2.22. The van der Waals surface area contributed by atoms with E-state index < -0.39 is 0 Å². The van der Waals surface area contributed by atoms with E-state index in [1.165, 1.54) is 0 Å². The normalized spacial score (nSPS) is 11.9. The monoisotopic (exact) mass is 412 g/mol. The second-order valence-corrected chi connectivity index (χ2v) is 6.57. The fraction of sp³-hybridized carbons (Fsp3) is 0.190. The van der Waals surface area contributed by atoms with Crippen LogP contribution >= 0.6 is 11.6 Å². The van der Waals surface area contributed by atoms with Gasteiger partial charge in [0.1, 0.15) is 0 Å². The third kappa shape index (κ3) is 3.95. The van der Waals surface area contributed by atoms with E-state index in [1.807, 2.05) is 6.07 Å². The summed E-state index contributed by atoms with van der Waals surface area (Å²) in [6.07, 6.45) is 1.70. The number of fused-ring (bicyclic) bond motifs is 3. The first-order valence-corrected chi connectivity index (χ1v) is 8.90. The Morgan fingerprint density at radius 3 is 2.62 bits per heavy atom. The minimum absolute atomic E-state index is 0. The summed E-state index contributed by atoms with van der Waals surface area (Å²) >= 11 is 6.07. The third-order valence-electron chi connectivity index (χ3n) is 4.42. The average molecular weight is 413 g/mol. The van der Waals surface area contributed by atoms with Crippen molar-refractivity contribution in [1.82, 2.24) is 15.3 Å². The summed E-state index contributed by atoms with van der Waals surface area (Å²) in [4.78, 5) is 21.4. The highest BCUT2D eigenvalue weighted by Crippen LogP contribution is 2.33. The first-order valence-electron chi connectivity index (χ1n) is 8.52. The van der Waals surface area contributed by atoms with Crippen LogP contribution in [0.2, 0.25) is 5.02 Å². The zero-order chi connectivity index (χ0) is 19.7. The maximum Gasteiger partial charge on any atom is 0.252 e. The molecule has 2 heterocycles. The van der Waals surface area contributed by atoms with Gasteiger partial charge in [-0.1, -0.05) is 25.1 Å². The Bertz CT molecular complexity index is 1070. The van der Waals surface area contributed by atoms with E-state index in [2.05, 4.69) is 20.6 Å². The molecule has 0 bridgehead atoms. The molecular weight excluding hydrogens is 392 g/mol. The van der Waals surface area contributed by atoms with Crippen molar-refractivity contribution < 1.29 is 14.3 Å². The number of methoxy groups -OCH3 is 2. The molecule has 3 aromatic rings. The number of amides is 1. The van der Waals surface area contributed by atoms with Gasteiger partial charge in [-0.3, -0.25) is 4.79 Å². The summed E-state index contributed by atoms with van der Waals surface area (Å²) < 4.78 is 10.6. The summed E-state index contributed by atoms with van der Waals surface area (Å²) in [5.41, 5.74) is 3.46. The molecule has 8 heteroatoms. The van der Waals surface area contributed by atoms with Gasteiger partial charge in [-0.15, -0.1) is 0 Å². The standard InChI is InChI=1S/C20H17ClN4O3.CH4/c1-27-16-6-4-13(8-17(16)28-2)24-20-23-10-11-9-22-19(26)15-7-12(21)3-5-14(15)18(11)25-20;/h3-8,10H,9H2,1-2H3,(H,22,26)(H,23,24,25);1H4. The van der Waals surface area contributed by atoms with Crippen molar-refractivity contribution in [3.8, 4) is 22.8 Å². The predicted molar refractivity (Wildman–Crippen MR) is 113 cm³/mol. The van der Waals surface area contributed by atoms with E-state index >= 15 is 0 Å². The SMILES string of the molecule is C.COc1ccc(Nc2ncc3c(n2)-c2ccc(Cl)cc2C(=O)NC3)cc1OC. The van der Waals surface area contributed by atoms with Gasteiger partial charge in [0.15, 0.2) is 11.5 Å². The molecule has 0 saturated carbocycles. The molecule has 0 radical (unpaired) electrons. The maximum absolute atomic E-state index is 12.4. The Labute approximate surface area is 174 Å². The number of anilines is 2. The van der Waals surface area contributed by atoms with Gasteiger partial charge in [0.05, 0.1) is 25.5 Å². The van der Waals surface area contributed by atoms with Gasteiger partial charge in [0, 0.05) is 40.6 Å². The fourth-order valence-electron chi connectivity index (χ4n) is 3.05. The largest absolute Gasteiger partial charge is 0.493 e. The Kier molecular flexibility index (Phi) is 5.89. The van der Waals surface area contributed by atoms with Crippen molar-refractivity contribution in [2.45, 2.75) is 14.0 Å². The molecule has 0 atom stereocenters. The van der Waals surface area contributed by atoms with Crippen molar-refractivity contribution in [1.29, 1.82) is 0 Å². The Morgan fingerprint density at radius 1 is 1.07 bits per heavy atom. The number of nitrogens with zero attached hydrogens (tertiary/aromatic N) is 2. The van der Waals surface area contributed by atoms with E-state index in [0.717, 1.165) is 11.3 Å². The molecular formula is C21H21ClN4O3. The lowest BCUT2D eigenvalue weighted by Crippen LogP contribution is -2.21. The molecule has 0 unspecified atom stereocenters. The van der Waals surface area contributed by atoms with Crippen LogP contribution < -0.4 is 20.1 Å². The second kappa shape index (κ2) is 8.36. The molecule has 2 N–H and O–H groups in total. The number of nitrogens with one attached hydrogen (secondary N) is 2. The molecule has 7 nitrogen and oxygen atoms in total. The average Bonchev–Trinajstić information content (AvgIpc) is 2.84. The first-order chi connectivity index (χ1) is 13.6. The molecule has 1 aliphatic heterocycles. The van der Waals surface area contributed by atoms with Crippen LogP contribution in [0.4, 0.5) is 11.6 Å². The molecule has 0 spiro atoms. The summed E-state index contributed by atoms with van der Waals surface area (Å²) in [5.74, 6) is 1.44. The molecule has 1 aliphatic rings. The quantitative estimate of drug-likeness (QED) is 0.659. The number of halogens is 1. The van der Waals surface area contributed by atoms with E-state index in [0.29, 0.717) is 45.8 Å². The van der Waals surface area contributed by atoms with Crippen LogP contribution in [0.1, 0.15) is 23.3 Å². The van der Waals surface area contributed by atoms with Gasteiger partial charge in [0.25, 0.3) is 5.91 Å². The minimum atomic E-state index is -0.190. The smallest absolute Gasteiger partial charge is 0.252 e. The van der Waals surface area contributed by atoms with Crippen molar-refractivity contribution in [2.24, 2.45) is 0 Å². The maximum atomic E-state index is 12.4. The minimum Gasteiger partial charge on any atom is -0.493 e. The van der Waals surface area contributed by atoms with Crippen LogP contribution in [0.15, 0.2) is 42.6 Å². The number of ether oxygens (including phenoxy) is 2. The molecule has 29 heavy (non-hydrogen) atoms. The van der Waals surface area contributed by atoms with E-state index in [-0.39, 0.29) is 13.3 Å². The van der Waals surface area contributed by atoms with Gasteiger partial charge < -0.3 is 20.1 Å². The lowest BCUT2D eigenvalue weighted by atomic mass is 10.0. The molecule has 150 valence electrons. The molecule has 0 fully saturated rings.